The molecule has 0 radical (unpaired) electrons. The molecule has 7 heteroatoms. The first kappa shape index (κ1) is 15.7. The standard InChI is InChI=1S/C14H20N4O2S/c1-3-4-9-21(19,20)16-11-13-10-14(18(2)17-13)12-5-7-15-8-6-12/h5-8,10,16H,3-4,9,11H2,1-2H3. The quantitative estimate of drug-likeness (QED) is 0.844. The number of pyridine rings is 1. The Kier molecular flexibility index (Phi) is 5.08. The molecule has 2 heterocycles. The molecule has 0 bridgehead atoms. The van der Waals surface area contributed by atoms with Gasteiger partial charge in [0.15, 0.2) is 0 Å². The van der Waals surface area contributed by atoms with Gasteiger partial charge in [-0.15, -0.1) is 0 Å². The molecular formula is C14H20N4O2S. The highest BCUT2D eigenvalue weighted by molar-refractivity contribution is 7.89. The van der Waals surface area contributed by atoms with E-state index in [9.17, 15) is 8.42 Å². The van der Waals surface area contributed by atoms with Crippen molar-refractivity contribution in [3.63, 3.8) is 0 Å². The number of hydrogen-bond acceptors (Lipinski definition) is 4. The molecule has 0 fully saturated rings. The molecule has 6 nitrogen and oxygen atoms in total. The topological polar surface area (TPSA) is 76.9 Å². The third kappa shape index (κ3) is 4.37. The monoisotopic (exact) mass is 308 g/mol. The fourth-order valence-electron chi connectivity index (χ4n) is 2.00. The molecular weight excluding hydrogens is 288 g/mol. The highest BCUT2D eigenvalue weighted by Crippen LogP contribution is 2.18. The van der Waals surface area contributed by atoms with Crippen molar-refractivity contribution >= 4 is 10.0 Å². The summed E-state index contributed by atoms with van der Waals surface area (Å²) in [5.41, 5.74) is 2.63. The average molecular weight is 308 g/mol. The van der Waals surface area contributed by atoms with Crippen molar-refractivity contribution in [2.24, 2.45) is 7.05 Å². The predicted molar refractivity (Wildman–Crippen MR) is 82.0 cm³/mol. The Morgan fingerprint density at radius 1 is 1.29 bits per heavy atom. The van der Waals surface area contributed by atoms with Gasteiger partial charge in [-0.1, -0.05) is 13.3 Å². The largest absolute Gasteiger partial charge is 0.268 e. The molecule has 0 unspecified atom stereocenters. The third-order valence-electron chi connectivity index (χ3n) is 3.15. The van der Waals surface area contributed by atoms with Gasteiger partial charge in [0.1, 0.15) is 0 Å². The van der Waals surface area contributed by atoms with Crippen LogP contribution >= 0.6 is 0 Å². The Labute approximate surface area is 125 Å². The fourth-order valence-corrected chi connectivity index (χ4v) is 3.18. The summed E-state index contributed by atoms with van der Waals surface area (Å²) in [6.45, 7) is 2.18. The molecule has 2 aromatic heterocycles. The molecule has 0 saturated carbocycles. The lowest BCUT2D eigenvalue weighted by Gasteiger charge is -2.03. The molecule has 0 atom stereocenters. The molecule has 114 valence electrons. The number of rotatable bonds is 7. The summed E-state index contributed by atoms with van der Waals surface area (Å²) in [7, 11) is -1.38. The first-order valence-electron chi connectivity index (χ1n) is 6.92. The number of aryl methyl sites for hydroxylation is 1. The van der Waals surface area contributed by atoms with Crippen LogP contribution in [0.25, 0.3) is 11.3 Å². The predicted octanol–water partition coefficient (Wildman–Crippen LogP) is 1.70. The number of hydrogen-bond donors (Lipinski definition) is 1. The lowest BCUT2D eigenvalue weighted by molar-refractivity contribution is 0.576. The second-order valence-corrected chi connectivity index (χ2v) is 6.80. The number of aromatic nitrogens is 3. The second-order valence-electron chi connectivity index (χ2n) is 4.87. The zero-order chi connectivity index (χ0) is 15.3. The minimum Gasteiger partial charge on any atom is -0.268 e. The Balaban J connectivity index is 2.06. The van der Waals surface area contributed by atoms with E-state index in [1.54, 1.807) is 17.1 Å². The van der Waals surface area contributed by atoms with Crippen molar-refractivity contribution in [2.45, 2.75) is 26.3 Å². The van der Waals surface area contributed by atoms with Gasteiger partial charge in [0.25, 0.3) is 0 Å². The maximum Gasteiger partial charge on any atom is 0.211 e. The lowest BCUT2D eigenvalue weighted by Crippen LogP contribution is -2.26. The summed E-state index contributed by atoms with van der Waals surface area (Å²) in [5.74, 6) is 0.160. The molecule has 2 rings (SSSR count). The molecule has 0 amide bonds. The molecule has 1 N–H and O–H groups in total. The van der Waals surface area contributed by atoms with Crippen molar-refractivity contribution in [3.05, 3.63) is 36.3 Å². The van der Waals surface area contributed by atoms with Crippen molar-refractivity contribution in [1.82, 2.24) is 19.5 Å². The SMILES string of the molecule is CCCCS(=O)(=O)NCc1cc(-c2ccncc2)n(C)n1. The molecule has 0 spiro atoms. The van der Waals surface area contributed by atoms with Gasteiger partial charge in [-0.3, -0.25) is 9.67 Å². The smallest absolute Gasteiger partial charge is 0.211 e. The van der Waals surface area contributed by atoms with Crippen molar-refractivity contribution in [3.8, 4) is 11.3 Å². The molecule has 0 aliphatic rings. The molecule has 21 heavy (non-hydrogen) atoms. The van der Waals surface area contributed by atoms with E-state index < -0.39 is 10.0 Å². The summed E-state index contributed by atoms with van der Waals surface area (Å²) in [6.07, 6.45) is 4.96. The van der Waals surface area contributed by atoms with E-state index in [1.165, 1.54) is 0 Å². The third-order valence-corrected chi connectivity index (χ3v) is 4.56. The van der Waals surface area contributed by atoms with Crippen LogP contribution < -0.4 is 4.72 Å². The number of sulfonamides is 1. The van der Waals surface area contributed by atoms with Crippen LogP contribution in [0.3, 0.4) is 0 Å². The Morgan fingerprint density at radius 2 is 2.00 bits per heavy atom. The van der Waals surface area contributed by atoms with Gasteiger partial charge < -0.3 is 0 Å². The first-order chi connectivity index (χ1) is 10.0. The van der Waals surface area contributed by atoms with Gasteiger partial charge in [-0.2, -0.15) is 5.10 Å². The van der Waals surface area contributed by atoms with Gasteiger partial charge in [-0.25, -0.2) is 13.1 Å². The summed E-state index contributed by atoms with van der Waals surface area (Å²) in [6, 6.07) is 5.68. The van der Waals surface area contributed by atoms with Crippen LogP contribution in [0.5, 0.6) is 0 Å². The fraction of sp³-hybridized carbons (Fsp3) is 0.429. The maximum atomic E-state index is 11.8. The van der Waals surface area contributed by atoms with Crippen molar-refractivity contribution < 1.29 is 8.42 Å². The highest BCUT2D eigenvalue weighted by Gasteiger charge is 2.12. The second kappa shape index (κ2) is 6.82. The normalized spacial score (nSPS) is 11.7. The minimum absolute atomic E-state index is 0.160. The average Bonchev–Trinajstić information content (AvgIpc) is 2.85. The number of nitrogens with zero attached hydrogens (tertiary/aromatic N) is 3. The summed E-state index contributed by atoms with van der Waals surface area (Å²) in [5, 5.41) is 4.34. The van der Waals surface area contributed by atoms with Crippen LogP contribution in [0, 0.1) is 0 Å². The van der Waals surface area contributed by atoms with E-state index >= 15 is 0 Å². The Morgan fingerprint density at radius 3 is 2.67 bits per heavy atom. The van der Waals surface area contributed by atoms with Gasteiger partial charge in [0.05, 0.1) is 23.7 Å². The Bertz CT molecular complexity index is 680. The van der Waals surface area contributed by atoms with E-state index in [2.05, 4.69) is 14.8 Å². The van der Waals surface area contributed by atoms with E-state index in [4.69, 9.17) is 0 Å². The zero-order valence-electron chi connectivity index (χ0n) is 12.3. The van der Waals surface area contributed by atoms with Gasteiger partial charge in [-0.05, 0) is 24.6 Å². The van der Waals surface area contributed by atoms with E-state index in [0.29, 0.717) is 12.1 Å². The van der Waals surface area contributed by atoms with Crippen LogP contribution in [0.1, 0.15) is 25.5 Å². The summed E-state index contributed by atoms with van der Waals surface area (Å²) in [4.78, 5) is 3.98. The molecule has 0 aromatic carbocycles. The molecule has 0 saturated heterocycles. The van der Waals surface area contributed by atoms with Crippen LogP contribution in [0.15, 0.2) is 30.6 Å². The van der Waals surface area contributed by atoms with Crippen molar-refractivity contribution in [2.75, 3.05) is 5.75 Å². The maximum absolute atomic E-state index is 11.8. The van der Waals surface area contributed by atoms with Crippen LogP contribution in [0.2, 0.25) is 0 Å². The molecule has 0 aliphatic carbocycles. The minimum atomic E-state index is -3.22. The zero-order valence-corrected chi connectivity index (χ0v) is 13.1. The summed E-state index contributed by atoms with van der Waals surface area (Å²) < 4.78 is 27.9. The molecule has 0 aliphatic heterocycles. The number of unbranched alkanes of at least 4 members (excludes halogenated alkanes) is 1. The Hall–Kier alpha value is -1.73. The van der Waals surface area contributed by atoms with E-state index in [-0.39, 0.29) is 12.3 Å². The van der Waals surface area contributed by atoms with E-state index in [0.717, 1.165) is 17.7 Å². The summed E-state index contributed by atoms with van der Waals surface area (Å²) >= 11 is 0. The van der Waals surface area contributed by atoms with Crippen LogP contribution in [0.4, 0.5) is 0 Å². The molecule has 2 aromatic rings. The first-order valence-corrected chi connectivity index (χ1v) is 8.57. The van der Waals surface area contributed by atoms with Crippen LogP contribution in [-0.4, -0.2) is 28.9 Å². The van der Waals surface area contributed by atoms with E-state index in [1.807, 2.05) is 32.2 Å². The highest BCUT2D eigenvalue weighted by atomic mass is 32.2. The van der Waals surface area contributed by atoms with Crippen molar-refractivity contribution in [1.29, 1.82) is 0 Å². The lowest BCUT2D eigenvalue weighted by atomic mass is 10.2. The van der Waals surface area contributed by atoms with Crippen LogP contribution in [-0.2, 0) is 23.6 Å². The van der Waals surface area contributed by atoms with Gasteiger partial charge in [0.2, 0.25) is 10.0 Å². The number of nitrogens with one attached hydrogen (secondary N) is 1. The van der Waals surface area contributed by atoms with Gasteiger partial charge in [0, 0.05) is 25.0 Å². The van der Waals surface area contributed by atoms with Gasteiger partial charge >= 0.3 is 0 Å².